The molecule has 5 heteroatoms. The van der Waals surface area contributed by atoms with Crippen LogP contribution in [0.4, 0.5) is 0 Å². The second-order valence-electron chi connectivity index (χ2n) is 3.96. The fraction of sp³-hybridized carbons (Fsp3) is 0.667. The third-order valence-electron chi connectivity index (χ3n) is 2.24. The Morgan fingerprint density at radius 3 is 2.06 bits per heavy atom. The highest BCUT2D eigenvalue weighted by atomic mass is 32.1. The Hall–Kier alpha value is -0.970. The van der Waals surface area contributed by atoms with E-state index < -0.39 is 0 Å². The molecular formula is C12H22N2O2S. The number of hydrogen-bond acceptors (Lipinski definition) is 3. The lowest BCUT2D eigenvalue weighted by molar-refractivity contribution is -0.119. The van der Waals surface area contributed by atoms with E-state index in [9.17, 15) is 9.59 Å². The average molecular weight is 258 g/mol. The number of nitrogens with one attached hydrogen (secondary N) is 2. The van der Waals surface area contributed by atoms with E-state index >= 15 is 0 Å². The molecule has 0 bridgehead atoms. The Kier molecular flexibility index (Phi) is 9.62. The topological polar surface area (TPSA) is 58.2 Å². The van der Waals surface area contributed by atoms with Gasteiger partial charge < -0.3 is 10.6 Å². The van der Waals surface area contributed by atoms with Gasteiger partial charge in [0.05, 0.1) is 5.75 Å². The van der Waals surface area contributed by atoms with E-state index in [-0.39, 0.29) is 17.6 Å². The quantitative estimate of drug-likeness (QED) is 0.331. The van der Waals surface area contributed by atoms with Gasteiger partial charge in [-0.2, -0.15) is 12.6 Å². The van der Waals surface area contributed by atoms with Gasteiger partial charge in [0.1, 0.15) is 0 Å². The van der Waals surface area contributed by atoms with E-state index in [1.165, 1.54) is 0 Å². The van der Waals surface area contributed by atoms with Crippen LogP contribution in [0, 0.1) is 0 Å². The molecule has 17 heavy (non-hydrogen) atoms. The first-order valence-corrected chi connectivity index (χ1v) is 6.52. The summed E-state index contributed by atoms with van der Waals surface area (Å²) in [4.78, 5) is 22.0. The minimum atomic E-state index is -0.0777. The molecule has 0 rings (SSSR count). The maximum atomic E-state index is 11.1. The van der Waals surface area contributed by atoms with Crippen LogP contribution in [0.3, 0.4) is 0 Å². The van der Waals surface area contributed by atoms with Crippen molar-refractivity contribution in [2.24, 2.45) is 0 Å². The van der Waals surface area contributed by atoms with Crippen LogP contribution in [-0.2, 0) is 9.59 Å². The van der Waals surface area contributed by atoms with Gasteiger partial charge in [0.2, 0.25) is 11.8 Å². The van der Waals surface area contributed by atoms with Crippen molar-refractivity contribution < 1.29 is 9.59 Å². The Morgan fingerprint density at radius 2 is 1.59 bits per heavy atom. The minimum absolute atomic E-state index is 0.0259. The number of carbonyl (C=O) groups excluding carboxylic acids is 2. The first-order valence-electron chi connectivity index (χ1n) is 5.89. The van der Waals surface area contributed by atoms with E-state index in [4.69, 9.17) is 0 Å². The zero-order valence-corrected chi connectivity index (χ0v) is 11.3. The number of rotatable bonds is 9. The van der Waals surface area contributed by atoms with Gasteiger partial charge in [-0.15, -0.1) is 0 Å². The van der Waals surface area contributed by atoms with Crippen molar-refractivity contribution in [2.75, 3.05) is 18.8 Å². The van der Waals surface area contributed by atoms with Crippen LogP contribution in [0.15, 0.2) is 12.2 Å². The summed E-state index contributed by atoms with van der Waals surface area (Å²) >= 11 is 3.86. The molecule has 0 saturated heterocycles. The molecule has 0 atom stereocenters. The number of thiol groups is 1. The van der Waals surface area contributed by atoms with Crippen molar-refractivity contribution in [3.63, 3.8) is 0 Å². The van der Waals surface area contributed by atoms with Gasteiger partial charge in [0.15, 0.2) is 0 Å². The normalized spacial score (nSPS) is 9.76. The van der Waals surface area contributed by atoms with Crippen molar-refractivity contribution in [1.82, 2.24) is 10.6 Å². The average Bonchev–Trinajstić information content (AvgIpc) is 2.31. The highest BCUT2D eigenvalue weighted by Crippen LogP contribution is 1.98. The molecule has 0 fully saturated rings. The van der Waals surface area contributed by atoms with E-state index in [1.54, 1.807) is 6.92 Å². The lowest BCUT2D eigenvalue weighted by atomic mass is 10.2. The van der Waals surface area contributed by atoms with Crippen LogP contribution < -0.4 is 10.6 Å². The van der Waals surface area contributed by atoms with Crippen molar-refractivity contribution >= 4 is 24.4 Å². The number of carbonyl (C=O) groups is 2. The zero-order valence-electron chi connectivity index (χ0n) is 10.4. The lowest BCUT2D eigenvalue weighted by Crippen LogP contribution is -2.25. The summed E-state index contributed by atoms with van der Waals surface area (Å²) in [6.45, 7) is 6.65. The molecule has 98 valence electrons. The number of hydrogen-bond donors (Lipinski definition) is 3. The summed E-state index contributed by atoms with van der Waals surface area (Å²) in [7, 11) is 0. The predicted octanol–water partition coefficient (Wildman–Crippen LogP) is 1.29. The molecule has 4 nitrogen and oxygen atoms in total. The SMILES string of the molecule is C=C(C)C(=O)NCCCCCCNC(=O)CS. The van der Waals surface area contributed by atoms with Crippen molar-refractivity contribution in [2.45, 2.75) is 32.6 Å². The highest BCUT2D eigenvalue weighted by molar-refractivity contribution is 7.81. The lowest BCUT2D eigenvalue weighted by Gasteiger charge is -2.05. The molecule has 0 aromatic carbocycles. The molecule has 0 aliphatic rings. The summed E-state index contributed by atoms with van der Waals surface area (Å²) in [5.74, 6) is 0.139. The van der Waals surface area contributed by atoms with Gasteiger partial charge in [-0.1, -0.05) is 19.4 Å². The smallest absolute Gasteiger partial charge is 0.246 e. The molecule has 0 heterocycles. The van der Waals surface area contributed by atoms with Gasteiger partial charge >= 0.3 is 0 Å². The largest absolute Gasteiger partial charge is 0.355 e. The fourth-order valence-corrected chi connectivity index (χ4v) is 1.35. The molecule has 0 aliphatic heterocycles. The van der Waals surface area contributed by atoms with E-state index in [0.29, 0.717) is 18.7 Å². The number of unbranched alkanes of at least 4 members (excludes halogenated alkanes) is 3. The third kappa shape index (κ3) is 9.93. The molecular weight excluding hydrogens is 236 g/mol. The van der Waals surface area contributed by atoms with E-state index in [1.807, 2.05) is 0 Å². The Morgan fingerprint density at radius 1 is 1.06 bits per heavy atom. The highest BCUT2D eigenvalue weighted by Gasteiger charge is 1.99. The van der Waals surface area contributed by atoms with E-state index in [2.05, 4.69) is 29.8 Å². The van der Waals surface area contributed by atoms with Crippen LogP contribution in [0.1, 0.15) is 32.6 Å². The molecule has 0 saturated carbocycles. The summed E-state index contributed by atoms with van der Waals surface area (Å²) in [6, 6.07) is 0. The molecule has 0 aromatic rings. The van der Waals surface area contributed by atoms with Crippen LogP contribution in [0.5, 0.6) is 0 Å². The minimum Gasteiger partial charge on any atom is -0.355 e. The van der Waals surface area contributed by atoms with Crippen molar-refractivity contribution in [3.8, 4) is 0 Å². The Balaban J connectivity index is 3.22. The van der Waals surface area contributed by atoms with Gasteiger partial charge in [-0.05, 0) is 19.8 Å². The molecule has 2 amide bonds. The molecule has 2 N–H and O–H groups in total. The predicted molar refractivity (Wildman–Crippen MR) is 73.2 cm³/mol. The Bertz CT molecular complexity index is 267. The van der Waals surface area contributed by atoms with Crippen LogP contribution in [0.2, 0.25) is 0 Å². The fourth-order valence-electron chi connectivity index (χ4n) is 1.24. The summed E-state index contributed by atoms with van der Waals surface area (Å²) in [5.41, 5.74) is 0.541. The summed E-state index contributed by atoms with van der Waals surface area (Å²) in [5, 5.41) is 5.54. The molecule has 0 radical (unpaired) electrons. The maximum Gasteiger partial charge on any atom is 0.246 e. The van der Waals surface area contributed by atoms with E-state index in [0.717, 1.165) is 25.7 Å². The van der Waals surface area contributed by atoms with Gasteiger partial charge in [0, 0.05) is 18.7 Å². The second-order valence-corrected chi connectivity index (χ2v) is 4.27. The first kappa shape index (κ1) is 16.0. The number of amides is 2. The molecule has 0 aromatic heterocycles. The van der Waals surface area contributed by atoms with Gasteiger partial charge in [-0.3, -0.25) is 9.59 Å². The zero-order chi connectivity index (χ0) is 13.1. The molecule has 0 spiro atoms. The summed E-state index contributed by atoms with van der Waals surface area (Å²) in [6.07, 6.45) is 4.02. The molecule has 0 unspecified atom stereocenters. The van der Waals surface area contributed by atoms with Gasteiger partial charge in [-0.25, -0.2) is 0 Å². The monoisotopic (exact) mass is 258 g/mol. The van der Waals surface area contributed by atoms with Crippen LogP contribution in [-0.4, -0.2) is 30.7 Å². The standard InChI is InChI=1S/C12H22N2O2S/c1-10(2)12(16)14-8-6-4-3-5-7-13-11(15)9-17/h17H,1,3-9H2,2H3,(H,13,15)(H,14,16). The van der Waals surface area contributed by atoms with Crippen LogP contribution in [0.25, 0.3) is 0 Å². The first-order chi connectivity index (χ1) is 8.07. The van der Waals surface area contributed by atoms with Crippen molar-refractivity contribution in [3.05, 3.63) is 12.2 Å². The molecule has 0 aliphatic carbocycles. The van der Waals surface area contributed by atoms with Gasteiger partial charge in [0.25, 0.3) is 0 Å². The maximum absolute atomic E-state index is 11.1. The van der Waals surface area contributed by atoms with Crippen molar-refractivity contribution in [1.29, 1.82) is 0 Å². The Labute approximate surface area is 109 Å². The van der Waals surface area contributed by atoms with Crippen LogP contribution >= 0.6 is 12.6 Å². The third-order valence-corrected chi connectivity index (χ3v) is 2.53. The second kappa shape index (κ2) is 10.2. The summed E-state index contributed by atoms with van der Waals surface area (Å²) < 4.78 is 0.